The average Bonchev–Trinajstić information content (AvgIpc) is 2.79. The van der Waals surface area contributed by atoms with Gasteiger partial charge < -0.3 is 15.1 Å². The Morgan fingerprint density at radius 2 is 1.56 bits per heavy atom. The fourth-order valence-corrected chi connectivity index (χ4v) is 3.46. The number of hydrogen-bond donors (Lipinski definition) is 1. The van der Waals surface area contributed by atoms with Crippen molar-refractivity contribution in [3.05, 3.63) is 58.4 Å². The first-order valence-corrected chi connectivity index (χ1v) is 9.69. The summed E-state index contributed by atoms with van der Waals surface area (Å²) < 4.78 is 38.4. The van der Waals surface area contributed by atoms with E-state index >= 15 is 0 Å². The normalized spacial score (nSPS) is 13.5. The van der Waals surface area contributed by atoms with Gasteiger partial charge in [-0.25, -0.2) is 4.98 Å². The first-order chi connectivity index (χ1) is 15.3. The van der Waals surface area contributed by atoms with Crippen molar-refractivity contribution in [3.8, 4) is 18.2 Å². The second-order valence-corrected chi connectivity index (χ2v) is 7.17. The third-order valence-electron chi connectivity index (χ3n) is 4.82. The van der Waals surface area contributed by atoms with Gasteiger partial charge in [-0.15, -0.1) is 0 Å². The first-order valence-electron chi connectivity index (χ1n) is 9.31. The van der Waals surface area contributed by atoms with Crippen LogP contribution < -0.4 is 15.1 Å². The van der Waals surface area contributed by atoms with Crippen molar-refractivity contribution in [3.63, 3.8) is 0 Å². The van der Waals surface area contributed by atoms with Crippen molar-refractivity contribution in [1.29, 1.82) is 15.8 Å². The van der Waals surface area contributed by atoms with Crippen LogP contribution in [0.4, 0.5) is 30.4 Å². The summed E-state index contributed by atoms with van der Waals surface area (Å²) in [6.07, 6.45) is -3.71. The third-order valence-corrected chi connectivity index (χ3v) is 5.09. The minimum atomic E-state index is -4.50. The average molecular weight is 458 g/mol. The number of benzene rings is 1. The molecule has 1 aliphatic rings. The molecule has 0 aliphatic carbocycles. The molecule has 0 amide bonds. The molecule has 32 heavy (non-hydrogen) atoms. The van der Waals surface area contributed by atoms with Gasteiger partial charge in [-0.3, -0.25) is 0 Å². The van der Waals surface area contributed by atoms with E-state index < -0.39 is 11.7 Å². The first kappa shape index (κ1) is 22.7. The van der Waals surface area contributed by atoms with Gasteiger partial charge >= 0.3 is 6.18 Å². The van der Waals surface area contributed by atoms with Gasteiger partial charge in [0.1, 0.15) is 29.7 Å². The predicted octanol–water partition coefficient (Wildman–Crippen LogP) is 4.32. The molecule has 1 aliphatic heterocycles. The molecule has 162 valence electrons. The third kappa shape index (κ3) is 5.03. The Kier molecular flexibility index (Phi) is 6.73. The minimum Gasteiger partial charge on any atom is -0.368 e. The summed E-state index contributed by atoms with van der Waals surface area (Å²) in [4.78, 5) is 7.84. The van der Waals surface area contributed by atoms with Crippen LogP contribution in [0.15, 0.2) is 47.8 Å². The van der Waals surface area contributed by atoms with Gasteiger partial charge in [0.25, 0.3) is 0 Å². The zero-order chi connectivity index (χ0) is 23.3. The van der Waals surface area contributed by atoms with Gasteiger partial charge in [0.15, 0.2) is 5.57 Å². The molecule has 0 unspecified atom stereocenters. The molecule has 2 heterocycles. The minimum absolute atomic E-state index is 0.0424. The van der Waals surface area contributed by atoms with Gasteiger partial charge in [0.05, 0.1) is 10.6 Å². The van der Waals surface area contributed by atoms with Crippen LogP contribution in [0.25, 0.3) is 0 Å². The van der Waals surface area contributed by atoms with E-state index in [-0.39, 0.29) is 16.3 Å². The summed E-state index contributed by atoms with van der Waals surface area (Å²) in [6.45, 7) is 2.24. The highest BCUT2D eigenvalue weighted by Crippen LogP contribution is 2.34. The molecule has 7 nitrogen and oxygen atoms in total. The number of allylic oxidation sites excluding steroid dienone is 2. The summed E-state index contributed by atoms with van der Waals surface area (Å²) in [6, 6.07) is 13.1. The molecule has 0 atom stereocenters. The number of aromatic nitrogens is 1. The number of hydrogen-bond acceptors (Lipinski definition) is 7. The van der Waals surface area contributed by atoms with Crippen LogP contribution in [0.3, 0.4) is 0 Å². The molecular formula is C21H15ClF3N7. The molecule has 11 heteroatoms. The number of rotatable bonds is 4. The molecule has 1 N–H and O–H groups in total. The summed E-state index contributed by atoms with van der Waals surface area (Å²) in [7, 11) is 0. The lowest BCUT2D eigenvalue weighted by atomic mass is 10.2. The quantitative estimate of drug-likeness (QED) is 0.682. The molecule has 0 radical (unpaired) electrons. The Bertz CT molecular complexity index is 1130. The number of nitrogens with zero attached hydrogens (tertiary/aromatic N) is 6. The number of halogens is 4. The van der Waals surface area contributed by atoms with E-state index in [4.69, 9.17) is 27.4 Å². The van der Waals surface area contributed by atoms with Crippen molar-refractivity contribution in [2.24, 2.45) is 0 Å². The largest absolute Gasteiger partial charge is 0.417 e. The molecule has 0 bridgehead atoms. The number of pyridine rings is 1. The van der Waals surface area contributed by atoms with Crippen LogP contribution in [0.1, 0.15) is 5.56 Å². The Balaban J connectivity index is 1.65. The maximum Gasteiger partial charge on any atom is 0.417 e. The van der Waals surface area contributed by atoms with Crippen molar-refractivity contribution in [2.45, 2.75) is 6.18 Å². The SMILES string of the molecule is N#CC(C#N)=C(C#N)Nc1ccc(N2CCN(c3ncc(C(F)(F)F)cc3Cl)CC2)cc1. The molecule has 1 fully saturated rings. The lowest BCUT2D eigenvalue weighted by Crippen LogP contribution is -2.47. The molecule has 0 saturated carbocycles. The van der Waals surface area contributed by atoms with Crippen LogP contribution in [-0.4, -0.2) is 31.2 Å². The fourth-order valence-electron chi connectivity index (χ4n) is 3.18. The van der Waals surface area contributed by atoms with Crippen LogP contribution in [0, 0.1) is 34.0 Å². The summed E-state index contributed by atoms with van der Waals surface area (Å²) in [5.74, 6) is 0.320. The van der Waals surface area contributed by atoms with Gasteiger partial charge in [0.2, 0.25) is 0 Å². The molecule has 0 spiro atoms. The number of piperazine rings is 1. The van der Waals surface area contributed by atoms with E-state index in [1.165, 1.54) is 0 Å². The predicted molar refractivity (Wildman–Crippen MR) is 113 cm³/mol. The smallest absolute Gasteiger partial charge is 0.368 e. The monoisotopic (exact) mass is 457 g/mol. The highest BCUT2D eigenvalue weighted by atomic mass is 35.5. The van der Waals surface area contributed by atoms with Gasteiger partial charge in [-0.1, -0.05) is 11.6 Å². The molecule has 3 rings (SSSR count). The number of alkyl halides is 3. The summed E-state index contributed by atoms with van der Waals surface area (Å²) >= 11 is 6.04. The lowest BCUT2D eigenvalue weighted by molar-refractivity contribution is -0.137. The molecular weight excluding hydrogens is 443 g/mol. The van der Waals surface area contributed by atoms with Crippen LogP contribution in [-0.2, 0) is 6.18 Å². The second-order valence-electron chi connectivity index (χ2n) is 6.76. The molecule has 1 saturated heterocycles. The summed E-state index contributed by atoms with van der Waals surface area (Å²) in [5, 5.41) is 29.6. The number of anilines is 3. The number of nitriles is 3. The van der Waals surface area contributed by atoms with Gasteiger partial charge in [0, 0.05) is 43.8 Å². The Morgan fingerprint density at radius 1 is 0.969 bits per heavy atom. The zero-order valence-electron chi connectivity index (χ0n) is 16.5. The Labute approximate surface area is 187 Å². The standard InChI is InChI=1S/C21H15ClF3N7/c22-18-9-15(21(23,24)25)13-29-20(18)32-7-5-31(6-8-32)17-3-1-16(2-4-17)30-19(12-28)14(10-26)11-27/h1-4,9,13,30H,5-8H2. The summed E-state index contributed by atoms with van der Waals surface area (Å²) in [5.41, 5.74) is 0.141. The topological polar surface area (TPSA) is 103 Å². The maximum absolute atomic E-state index is 12.8. The van der Waals surface area contributed by atoms with E-state index in [1.54, 1.807) is 30.3 Å². The Hall–Kier alpha value is -3.94. The lowest BCUT2D eigenvalue weighted by Gasteiger charge is -2.37. The second kappa shape index (κ2) is 9.47. The van der Waals surface area contributed by atoms with Crippen LogP contribution in [0.2, 0.25) is 5.02 Å². The molecule has 2 aromatic rings. The van der Waals surface area contributed by atoms with Crippen LogP contribution in [0.5, 0.6) is 0 Å². The fraction of sp³-hybridized carbons (Fsp3) is 0.238. The molecule has 1 aromatic carbocycles. The Morgan fingerprint density at radius 3 is 2.06 bits per heavy atom. The van der Waals surface area contributed by atoms with Gasteiger partial charge in [-0.2, -0.15) is 29.0 Å². The van der Waals surface area contributed by atoms with Crippen molar-refractivity contribution >= 4 is 28.8 Å². The van der Waals surface area contributed by atoms with Crippen molar-refractivity contribution in [2.75, 3.05) is 41.3 Å². The van der Waals surface area contributed by atoms with E-state index in [1.807, 2.05) is 17.0 Å². The van der Waals surface area contributed by atoms with Gasteiger partial charge in [-0.05, 0) is 30.3 Å². The van der Waals surface area contributed by atoms with Crippen molar-refractivity contribution in [1.82, 2.24) is 4.98 Å². The maximum atomic E-state index is 12.8. The van der Waals surface area contributed by atoms with E-state index in [0.717, 1.165) is 18.0 Å². The van der Waals surface area contributed by atoms with E-state index in [0.29, 0.717) is 37.7 Å². The zero-order valence-corrected chi connectivity index (χ0v) is 17.2. The highest BCUT2D eigenvalue weighted by molar-refractivity contribution is 6.33. The number of nitrogens with one attached hydrogen (secondary N) is 1. The van der Waals surface area contributed by atoms with E-state index in [9.17, 15) is 13.2 Å². The van der Waals surface area contributed by atoms with E-state index in [2.05, 4.69) is 15.2 Å². The highest BCUT2D eigenvalue weighted by Gasteiger charge is 2.32. The molecule has 1 aromatic heterocycles. The van der Waals surface area contributed by atoms with Crippen LogP contribution >= 0.6 is 11.6 Å². The van der Waals surface area contributed by atoms with Crippen molar-refractivity contribution < 1.29 is 13.2 Å².